The van der Waals surface area contributed by atoms with Crippen molar-refractivity contribution >= 4 is 15.4 Å². The lowest BCUT2D eigenvalue weighted by atomic mass is 10.2. The molecule has 4 heteroatoms. The molecule has 1 N–H and O–H groups in total. The lowest BCUT2D eigenvalue weighted by molar-refractivity contribution is 0.555. The maximum Gasteiger partial charge on any atom is 0.117 e. The largest absolute Gasteiger partial charge is 0.325 e. The molecular formula is C18H34NOPSi. The Hall–Kier alpha value is -0.373. The van der Waals surface area contributed by atoms with E-state index in [2.05, 4.69) is 62.7 Å². The number of benzene rings is 1. The Morgan fingerprint density at radius 1 is 1.00 bits per heavy atom. The van der Waals surface area contributed by atoms with Gasteiger partial charge in [0.2, 0.25) is 0 Å². The smallest absolute Gasteiger partial charge is 0.117 e. The molecule has 0 saturated carbocycles. The maximum absolute atomic E-state index is 13.9. The third-order valence-electron chi connectivity index (χ3n) is 3.94. The third kappa shape index (κ3) is 6.40. The summed E-state index contributed by atoms with van der Waals surface area (Å²) in [7, 11) is -3.77. The van der Waals surface area contributed by atoms with Gasteiger partial charge in [-0.15, -0.1) is 0 Å². The van der Waals surface area contributed by atoms with E-state index in [1.165, 1.54) is 5.56 Å². The summed E-state index contributed by atoms with van der Waals surface area (Å²) in [5, 5.41) is 0. The average molecular weight is 340 g/mol. The van der Waals surface area contributed by atoms with Gasteiger partial charge < -0.3 is 9.55 Å². The summed E-state index contributed by atoms with van der Waals surface area (Å²) in [6.07, 6.45) is 6.12. The van der Waals surface area contributed by atoms with Crippen LogP contribution in [0.5, 0.6) is 0 Å². The lowest BCUT2D eigenvalue weighted by Gasteiger charge is -2.34. The van der Waals surface area contributed by atoms with E-state index >= 15 is 0 Å². The molecule has 1 atom stereocenters. The third-order valence-corrected chi connectivity index (χ3v) is 8.85. The molecule has 1 rings (SSSR count). The van der Waals surface area contributed by atoms with Gasteiger partial charge in [0, 0.05) is 12.3 Å². The highest BCUT2D eigenvalue weighted by molar-refractivity contribution is 7.64. The summed E-state index contributed by atoms with van der Waals surface area (Å²) in [5.74, 6) is 0.0402. The Morgan fingerprint density at radius 3 is 1.91 bits per heavy atom. The number of unbranched alkanes of at least 4 members (excludes halogenated alkanes) is 2. The molecule has 22 heavy (non-hydrogen) atoms. The van der Waals surface area contributed by atoms with Gasteiger partial charge in [-0.05, 0) is 18.4 Å². The van der Waals surface area contributed by atoms with E-state index in [1.54, 1.807) is 0 Å². The van der Waals surface area contributed by atoms with Crippen molar-refractivity contribution in [2.24, 2.45) is 0 Å². The van der Waals surface area contributed by atoms with Crippen LogP contribution in [0.4, 0.5) is 0 Å². The second-order valence-corrected chi connectivity index (χ2v) is 15.4. The molecule has 0 heterocycles. The van der Waals surface area contributed by atoms with Gasteiger partial charge in [-0.1, -0.05) is 76.7 Å². The zero-order valence-corrected chi connectivity index (χ0v) is 17.0. The maximum atomic E-state index is 13.9. The van der Waals surface area contributed by atoms with E-state index in [0.717, 1.165) is 38.0 Å². The van der Waals surface area contributed by atoms with Crippen molar-refractivity contribution < 1.29 is 4.57 Å². The van der Waals surface area contributed by atoms with Crippen LogP contribution in [-0.4, -0.2) is 20.6 Å². The Bertz CT molecular complexity index is 458. The van der Waals surface area contributed by atoms with Crippen LogP contribution in [0.3, 0.4) is 0 Å². The number of hydrogen-bond donors (Lipinski definition) is 1. The van der Waals surface area contributed by atoms with Gasteiger partial charge in [0.15, 0.2) is 0 Å². The molecule has 1 unspecified atom stereocenters. The predicted molar refractivity (Wildman–Crippen MR) is 103 cm³/mol. The molecular weight excluding hydrogens is 305 g/mol. The zero-order valence-electron chi connectivity index (χ0n) is 15.1. The summed E-state index contributed by atoms with van der Waals surface area (Å²) in [5.41, 5.74) is 1.21. The first-order chi connectivity index (χ1) is 10.3. The Labute approximate surface area is 138 Å². The molecule has 0 aliphatic carbocycles. The highest BCUT2D eigenvalue weighted by Crippen LogP contribution is 2.59. The fourth-order valence-electron chi connectivity index (χ4n) is 2.74. The molecule has 0 amide bonds. The minimum Gasteiger partial charge on any atom is -0.325 e. The summed E-state index contributed by atoms with van der Waals surface area (Å²) in [6.45, 7) is 11.3. The lowest BCUT2D eigenvalue weighted by Crippen LogP contribution is -2.44. The van der Waals surface area contributed by atoms with Crippen LogP contribution in [0.1, 0.15) is 50.9 Å². The molecule has 0 bridgehead atoms. The highest BCUT2D eigenvalue weighted by atomic mass is 31.2. The number of rotatable bonds is 10. The van der Waals surface area contributed by atoms with Crippen molar-refractivity contribution in [1.29, 1.82) is 0 Å². The monoisotopic (exact) mass is 339 g/mol. The van der Waals surface area contributed by atoms with E-state index in [0.29, 0.717) is 0 Å². The first-order valence-corrected chi connectivity index (χ1v) is 14.4. The van der Waals surface area contributed by atoms with Gasteiger partial charge in [0.25, 0.3) is 0 Å². The first kappa shape index (κ1) is 19.7. The van der Waals surface area contributed by atoms with Crippen LogP contribution < -0.4 is 4.98 Å². The van der Waals surface area contributed by atoms with Crippen LogP contribution in [-0.2, 0) is 4.57 Å². The van der Waals surface area contributed by atoms with Crippen LogP contribution in [0.2, 0.25) is 19.6 Å². The Morgan fingerprint density at radius 2 is 1.50 bits per heavy atom. The first-order valence-electron chi connectivity index (χ1n) is 8.73. The summed E-state index contributed by atoms with van der Waals surface area (Å²) in [6, 6.07) is 10.5. The quantitative estimate of drug-likeness (QED) is 0.414. The van der Waals surface area contributed by atoms with Crippen molar-refractivity contribution in [3.8, 4) is 0 Å². The number of nitrogens with one attached hydrogen (secondary N) is 1. The van der Waals surface area contributed by atoms with Crippen molar-refractivity contribution in [1.82, 2.24) is 4.98 Å². The van der Waals surface area contributed by atoms with Crippen LogP contribution in [0.15, 0.2) is 30.3 Å². The molecule has 0 radical (unpaired) electrons. The van der Waals surface area contributed by atoms with Gasteiger partial charge >= 0.3 is 0 Å². The van der Waals surface area contributed by atoms with Crippen molar-refractivity contribution in [2.75, 3.05) is 12.3 Å². The van der Waals surface area contributed by atoms with Gasteiger partial charge in [0.05, 0.1) is 5.78 Å². The fourth-order valence-corrected chi connectivity index (χ4v) is 8.99. The van der Waals surface area contributed by atoms with Gasteiger partial charge in [-0.3, -0.25) is 0 Å². The van der Waals surface area contributed by atoms with Gasteiger partial charge in [-0.25, -0.2) is 0 Å². The van der Waals surface area contributed by atoms with Gasteiger partial charge in [-0.2, -0.15) is 0 Å². The molecule has 1 aromatic carbocycles. The molecule has 2 nitrogen and oxygen atoms in total. The number of hydrogen-bond acceptors (Lipinski definition) is 2. The van der Waals surface area contributed by atoms with Crippen molar-refractivity contribution in [3.05, 3.63) is 35.9 Å². The van der Waals surface area contributed by atoms with Crippen LogP contribution >= 0.6 is 7.14 Å². The van der Waals surface area contributed by atoms with Crippen molar-refractivity contribution in [2.45, 2.75) is 65.0 Å². The van der Waals surface area contributed by atoms with E-state index in [9.17, 15) is 4.57 Å². The fraction of sp³-hybridized carbons (Fsp3) is 0.667. The van der Waals surface area contributed by atoms with Gasteiger partial charge in [0.1, 0.15) is 15.4 Å². The average Bonchev–Trinajstić information content (AvgIpc) is 2.48. The molecule has 0 aliphatic heterocycles. The highest BCUT2D eigenvalue weighted by Gasteiger charge is 2.35. The molecule has 0 saturated heterocycles. The zero-order chi connectivity index (χ0) is 16.6. The van der Waals surface area contributed by atoms with E-state index < -0.39 is 15.4 Å². The van der Waals surface area contributed by atoms with E-state index in [1.807, 2.05) is 6.07 Å². The molecule has 0 spiro atoms. The standard InChI is InChI=1S/C18H34NOPSi/c1-6-8-15-21(20,16-9-7-2)18(19-22(3,4)5)17-13-11-10-12-14-17/h10-14,18-19H,6-9,15-16H2,1-5H3. The summed E-state index contributed by atoms with van der Waals surface area (Å²) < 4.78 is 13.9. The van der Waals surface area contributed by atoms with Crippen LogP contribution in [0, 0.1) is 0 Å². The minimum absolute atomic E-state index is 0.0402. The second kappa shape index (κ2) is 9.05. The SMILES string of the molecule is CCCCP(=O)(CCCC)C(N[Si](C)(C)C)c1ccccc1. The van der Waals surface area contributed by atoms with E-state index in [4.69, 9.17) is 0 Å². The Balaban J connectivity index is 3.15. The molecule has 126 valence electrons. The topological polar surface area (TPSA) is 29.1 Å². The molecule has 0 aromatic heterocycles. The Kier molecular flexibility index (Phi) is 8.09. The summed E-state index contributed by atoms with van der Waals surface area (Å²) >= 11 is 0. The normalized spacial score (nSPS) is 14.0. The van der Waals surface area contributed by atoms with Crippen molar-refractivity contribution in [3.63, 3.8) is 0 Å². The van der Waals surface area contributed by atoms with E-state index in [-0.39, 0.29) is 5.78 Å². The predicted octanol–water partition coefficient (Wildman–Crippen LogP) is 6.07. The molecule has 0 fully saturated rings. The second-order valence-electron chi connectivity index (χ2n) is 7.31. The minimum atomic E-state index is -2.26. The molecule has 1 aromatic rings. The molecule has 0 aliphatic rings. The summed E-state index contributed by atoms with van der Waals surface area (Å²) in [4.78, 5) is 3.81. The van der Waals surface area contributed by atoms with Crippen LogP contribution in [0.25, 0.3) is 0 Å².